The van der Waals surface area contributed by atoms with E-state index in [9.17, 15) is 9.18 Å². The largest absolute Gasteiger partial charge is 0.354 e. The monoisotopic (exact) mass is 338 g/mol. The highest BCUT2D eigenvalue weighted by atomic mass is 35.5. The molecule has 0 aliphatic carbocycles. The van der Waals surface area contributed by atoms with Gasteiger partial charge in [0.15, 0.2) is 0 Å². The third kappa shape index (κ3) is 5.04. The Morgan fingerprint density at radius 3 is 2.87 bits per heavy atom. The Balaban J connectivity index is 1.88. The van der Waals surface area contributed by atoms with Crippen molar-refractivity contribution in [2.45, 2.75) is 19.0 Å². The SMILES string of the molecule is CN(C)[C@@H](C(=O)NCCCn1cc(Cl)cn1)c1cccc(F)c1. The maximum Gasteiger partial charge on any atom is 0.241 e. The van der Waals surface area contributed by atoms with Gasteiger partial charge >= 0.3 is 0 Å². The molecule has 0 saturated carbocycles. The molecular weight excluding hydrogens is 319 g/mol. The Kier molecular flexibility index (Phi) is 6.12. The molecule has 1 amide bonds. The van der Waals surface area contributed by atoms with Crippen molar-refractivity contribution in [1.82, 2.24) is 20.0 Å². The molecule has 0 saturated heterocycles. The molecule has 2 aromatic rings. The minimum atomic E-state index is -0.523. The quantitative estimate of drug-likeness (QED) is 0.789. The van der Waals surface area contributed by atoms with Crippen LogP contribution in [0.4, 0.5) is 4.39 Å². The molecular formula is C16H20ClFN4O. The summed E-state index contributed by atoms with van der Waals surface area (Å²) in [6.45, 7) is 1.18. The molecule has 1 aromatic carbocycles. The number of rotatable bonds is 7. The average molecular weight is 339 g/mol. The predicted octanol–water partition coefficient (Wildman–Crippen LogP) is 2.48. The van der Waals surface area contributed by atoms with E-state index in [0.29, 0.717) is 23.7 Å². The minimum absolute atomic E-state index is 0.154. The van der Waals surface area contributed by atoms with Gasteiger partial charge in [-0.15, -0.1) is 0 Å². The first kappa shape index (κ1) is 17.4. The number of nitrogens with zero attached hydrogens (tertiary/aromatic N) is 3. The summed E-state index contributed by atoms with van der Waals surface area (Å²) in [7, 11) is 3.59. The molecule has 0 aliphatic rings. The fraction of sp³-hybridized carbons (Fsp3) is 0.375. The van der Waals surface area contributed by atoms with Crippen LogP contribution in [0.1, 0.15) is 18.0 Å². The van der Waals surface area contributed by atoms with Crippen LogP contribution in [0.2, 0.25) is 5.02 Å². The molecule has 0 spiro atoms. The molecule has 0 radical (unpaired) electrons. The van der Waals surface area contributed by atoms with Crippen molar-refractivity contribution in [2.24, 2.45) is 0 Å². The van der Waals surface area contributed by atoms with Gasteiger partial charge in [-0.1, -0.05) is 23.7 Å². The number of carbonyl (C=O) groups is 1. The molecule has 23 heavy (non-hydrogen) atoms. The fourth-order valence-electron chi connectivity index (χ4n) is 2.37. The van der Waals surface area contributed by atoms with Gasteiger partial charge in [-0.05, 0) is 38.2 Å². The standard InChI is InChI=1S/C16H20ClFN4O/c1-21(2)15(12-5-3-6-14(18)9-12)16(23)19-7-4-8-22-11-13(17)10-20-22/h3,5-6,9-11,15H,4,7-8H2,1-2H3,(H,19,23)/t15-/m1/s1. The average Bonchev–Trinajstić information content (AvgIpc) is 2.89. The molecule has 1 aromatic heterocycles. The smallest absolute Gasteiger partial charge is 0.241 e. The topological polar surface area (TPSA) is 50.2 Å². The van der Waals surface area contributed by atoms with E-state index in [4.69, 9.17) is 11.6 Å². The molecule has 0 fully saturated rings. The maximum atomic E-state index is 13.4. The summed E-state index contributed by atoms with van der Waals surface area (Å²) >= 11 is 5.79. The first-order valence-corrected chi connectivity index (χ1v) is 7.72. The Morgan fingerprint density at radius 1 is 1.48 bits per heavy atom. The number of benzene rings is 1. The molecule has 0 aliphatic heterocycles. The van der Waals surface area contributed by atoms with E-state index in [-0.39, 0.29) is 11.7 Å². The zero-order valence-corrected chi connectivity index (χ0v) is 13.9. The molecule has 1 heterocycles. The first-order chi connectivity index (χ1) is 11.0. The van der Waals surface area contributed by atoms with E-state index < -0.39 is 6.04 Å². The summed E-state index contributed by atoms with van der Waals surface area (Å²) in [4.78, 5) is 14.2. The highest BCUT2D eigenvalue weighted by molar-refractivity contribution is 6.30. The van der Waals surface area contributed by atoms with Crippen LogP contribution >= 0.6 is 11.6 Å². The van der Waals surface area contributed by atoms with Crippen LogP contribution in [-0.4, -0.2) is 41.2 Å². The number of carbonyl (C=O) groups excluding carboxylic acids is 1. The number of aromatic nitrogens is 2. The number of hydrogen-bond acceptors (Lipinski definition) is 3. The molecule has 1 N–H and O–H groups in total. The van der Waals surface area contributed by atoms with Crippen molar-refractivity contribution >= 4 is 17.5 Å². The van der Waals surface area contributed by atoms with Crippen LogP contribution < -0.4 is 5.32 Å². The summed E-state index contributed by atoms with van der Waals surface area (Å²) in [5, 5.41) is 7.55. The van der Waals surface area contributed by atoms with Crippen LogP contribution in [0.3, 0.4) is 0 Å². The molecule has 2 rings (SSSR count). The van der Waals surface area contributed by atoms with Crippen molar-refractivity contribution < 1.29 is 9.18 Å². The van der Waals surface area contributed by atoms with E-state index >= 15 is 0 Å². The van der Waals surface area contributed by atoms with Gasteiger partial charge in [-0.2, -0.15) is 5.10 Å². The second-order valence-corrected chi connectivity index (χ2v) is 5.92. The Hall–Kier alpha value is -1.92. The fourth-order valence-corrected chi connectivity index (χ4v) is 2.53. The van der Waals surface area contributed by atoms with Gasteiger partial charge in [0.05, 0.1) is 11.2 Å². The normalized spacial score (nSPS) is 12.4. The molecule has 7 heteroatoms. The van der Waals surface area contributed by atoms with Gasteiger partial charge < -0.3 is 5.32 Å². The van der Waals surface area contributed by atoms with Crippen LogP contribution in [0.25, 0.3) is 0 Å². The maximum absolute atomic E-state index is 13.4. The van der Waals surface area contributed by atoms with Crippen LogP contribution in [0, 0.1) is 5.82 Å². The number of likely N-dealkylation sites (N-methyl/N-ethyl adjacent to an activating group) is 1. The third-order valence-corrected chi connectivity index (χ3v) is 3.59. The number of halogens is 2. The zero-order chi connectivity index (χ0) is 16.8. The Bertz CT molecular complexity index is 659. The first-order valence-electron chi connectivity index (χ1n) is 7.35. The molecule has 124 valence electrons. The minimum Gasteiger partial charge on any atom is -0.354 e. The molecule has 1 atom stereocenters. The van der Waals surface area contributed by atoms with Crippen LogP contribution in [0.15, 0.2) is 36.7 Å². The number of nitrogens with one attached hydrogen (secondary N) is 1. The Morgan fingerprint density at radius 2 is 2.26 bits per heavy atom. The summed E-state index contributed by atoms with van der Waals surface area (Å²) in [5.41, 5.74) is 0.631. The highest BCUT2D eigenvalue weighted by Crippen LogP contribution is 2.19. The molecule has 0 unspecified atom stereocenters. The van der Waals surface area contributed by atoms with Gasteiger partial charge in [0.25, 0.3) is 0 Å². The summed E-state index contributed by atoms with van der Waals surface area (Å²) in [6, 6.07) is 5.58. The van der Waals surface area contributed by atoms with E-state index in [1.165, 1.54) is 12.1 Å². The van der Waals surface area contributed by atoms with Crippen LogP contribution in [0.5, 0.6) is 0 Å². The van der Waals surface area contributed by atoms with E-state index in [1.807, 2.05) is 0 Å². The third-order valence-electron chi connectivity index (χ3n) is 3.39. The second-order valence-electron chi connectivity index (χ2n) is 5.49. The Labute approximate surface area is 140 Å². The molecule has 0 bridgehead atoms. The van der Waals surface area contributed by atoms with Gasteiger partial charge in [-0.3, -0.25) is 14.4 Å². The van der Waals surface area contributed by atoms with E-state index in [0.717, 1.165) is 6.42 Å². The number of aryl methyl sites for hydroxylation is 1. The second kappa shape index (κ2) is 8.08. The molecule has 5 nitrogen and oxygen atoms in total. The van der Waals surface area contributed by atoms with Crippen molar-refractivity contribution in [2.75, 3.05) is 20.6 Å². The summed E-state index contributed by atoms with van der Waals surface area (Å²) in [6.07, 6.45) is 4.04. The van der Waals surface area contributed by atoms with Gasteiger partial charge in [0.2, 0.25) is 5.91 Å². The van der Waals surface area contributed by atoms with Crippen molar-refractivity contribution in [3.05, 3.63) is 53.1 Å². The van der Waals surface area contributed by atoms with Crippen LogP contribution in [-0.2, 0) is 11.3 Å². The van der Waals surface area contributed by atoms with Crippen molar-refractivity contribution in [3.63, 3.8) is 0 Å². The zero-order valence-electron chi connectivity index (χ0n) is 13.2. The lowest BCUT2D eigenvalue weighted by atomic mass is 10.1. The lowest BCUT2D eigenvalue weighted by Gasteiger charge is -2.24. The number of hydrogen-bond donors (Lipinski definition) is 1. The summed E-state index contributed by atoms with van der Waals surface area (Å²) < 4.78 is 15.1. The number of amides is 1. The van der Waals surface area contributed by atoms with Crippen molar-refractivity contribution in [3.8, 4) is 0 Å². The van der Waals surface area contributed by atoms with Gasteiger partial charge in [0, 0.05) is 19.3 Å². The lowest BCUT2D eigenvalue weighted by molar-refractivity contribution is -0.125. The van der Waals surface area contributed by atoms with E-state index in [2.05, 4.69) is 10.4 Å². The van der Waals surface area contributed by atoms with Crippen molar-refractivity contribution in [1.29, 1.82) is 0 Å². The van der Waals surface area contributed by atoms with E-state index in [1.54, 1.807) is 48.2 Å². The predicted molar refractivity (Wildman–Crippen MR) is 87.7 cm³/mol. The van der Waals surface area contributed by atoms with Gasteiger partial charge in [0.1, 0.15) is 11.9 Å². The highest BCUT2D eigenvalue weighted by Gasteiger charge is 2.22. The summed E-state index contributed by atoms with van der Waals surface area (Å²) in [5.74, 6) is -0.503. The van der Waals surface area contributed by atoms with Gasteiger partial charge in [-0.25, -0.2) is 4.39 Å². The lowest BCUT2D eigenvalue weighted by Crippen LogP contribution is -2.37.